The molecule has 3 amide bonds. The van der Waals surface area contributed by atoms with Gasteiger partial charge in [-0.15, -0.1) is 0 Å². The van der Waals surface area contributed by atoms with E-state index in [9.17, 15) is 19.6 Å². The highest BCUT2D eigenvalue weighted by atomic mass is 79.9. The van der Waals surface area contributed by atoms with E-state index in [0.717, 1.165) is 5.01 Å². The van der Waals surface area contributed by atoms with Crippen LogP contribution in [0.1, 0.15) is 37.5 Å². The van der Waals surface area contributed by atoms with Crippen LogP contribution >= 0.6 is 27.5 Å². The van der Waals surface area contributed by atoms with Crippen molar-refractivity contribution in [2.75, 3.05) is 12.4 Å². The van der Waals surface area contributed by atoms with Crippen molar-refractivity contribution in [2.45, 2.75) is 13.8 Å². The Kier molecular flexibility index (Phi) is 7.19. The van der Waals surface area contributed by atoms with Crippen molar-refractivity contribution in [2.24, 2.45) is 0 Å². The molecule has 13 heteroatoms. The lowest BCUT2D eigenvalue weighted by Gasteiger charge is -2.21. The highest BCUT2D eigenvalue weighted by Gasteiger charge is 2.25. The van der Waals surface area contributed by atoms with E-state index < -0.39 is 17.9 Å². The van der Waals surface area contributed by atoms with Gasteiger partial charge in [-0.3, -0.25) is 14.6 Å². The number of hydrogen-bond donors (Lipinski definition) is 3. The molecule has 3 rings (SSSR count). The van der Waals surface area contributed by atoms with Gasteiger partial charge in [0, 0.05) is 19.3 Å². The molecule has 0 unspecified atom stereocenters. The van der Waals surface area contributed by atoms with Crippen molar-refractivity contribution in [3.63, 3.8) is 0 Å². The van der Waals surface area contributed by atoms with Gasteiger partial charge in [-0.25, -0.2) is 19.9 Å². The maximum Gasteiger partial charge on any atom is 0.423 e. The highest BCUT2D eigenvalue weighted by molar-refractivity contribution is 9.10. The average molecular weight is 547 g/mol. The van der Waals surface area contributed by atoms with E-state index in [1.165, 1.54) is 30.1 Å². The average Bonchev–Trinajstić information content (AvgIpc) is 3.16. The number of amides is 3. The van der Waals surface area contributed by atoms with E-state index >= 15 is 0 Å². The summed E-state index contributed by atoms with van der Waals surface area (Å²) >= 11 is 9.45. The van der Waals surface area contributed by atoms with Crippen molar-refractivity contribution in [3.8, 4) is 11.9 Å². The minimum absolute atomic E-state index is 0.0143. The third-order valence-corrected chi connectivity index (χ3v) is 5.46. The number of benzene rings is 1. The molecule has 0 fully saturated rings. The molecule has 2 heterocycles. The summed E-state index contributed by atoms with van der Waals surface area (Å²) in [5, 5.41) is 26.4. The Morgan fingerprint density at radius 2 is 2.00 bits per heavy atom. The van der Waals surface area contributed by atoms with Crippen molar-refractivity contribution in [1.82, 2.24) is 25.2 Å². The first-order valence-corrected chi connectivity index (χ1v) is 10.7. The van der Waals surface area contributed by atoms with Gasteiger partial charge in [0.05, 0.1) is 27.9 Å². The molecule has 174 valence electrons. The largest absolute Gasteiger partial charge is 0.464 e. The zero-order valence-electron chi connectivity index (χ0n) is 18.1. The number of halogens is 2. The van der Waals surface area contributed by atoms with E-state index in [2.05, 4.69) is 37.4 Å². The topological polar surface area (TPSA) is 153 Å². The molecule has 2 aromatic heterocycles. The summed E-state index contributed by atoms with van der Waals surface area (Å²) in [5.41, 5.74) is 3.11. The van der Waals surface area contributed by atoms with Crippen molar-refractivity contribution >= 4 is 51.1 Å². The Bertz CT molecular complexity index is 1370. The van der Waals surface area contributed by atoms with Gasteiger partial charge >= 0.3 is 6.09 Å². The predicted octanol–water partition coefficient (Wildman–Crippen LogP) is 3.68. The molecule has 0 saturated carbocycles. The molecule has 0 saturated heterocycles. The third kappa shape index (κ3) is 4.85. The maximum absolute atomic E-state index is 13.3. The van der Waals surface area contributed by atoms with Gasteiger partial charge in [-0.2, -0.15) is 10.4 Å². The normalized spacial score (nSPS) is 10.4. The number of aromatic nitrogens is 3. The van der Waals surface area contributed by atoms with Gasteiger partial charge in [0.2, 0.25) is 0 Å². The second kappa shape index (κ2) is 9.90. The monoisotopic (exact) mass is 545 g/mol. The first-order chi connectivity index (χ1) is 16.0. The maximum atomic E-state index is 13.3. The molecule has 3 aromatic rings. The lowest BCUT2D eigenvalue weighted by molar-refractivity contribution is 0.0706. The Morgan fingerprint density at radius 1 is 1.29 bits per heavy atom. The Morgan fingerprint density at radius 3 is 2.62 bits per heavy atom. The second-order valence-electron chi connectivity index (χ2n) is 7.04. The van der Waals surface area contributed by atoms with Gasteiger partial charge in [0.25, 0.3) is 11.8 Å². The number of hydrazine groups is 1. The number of rotatable bonds is 4. The summed E-state index contributed by atoms with van der Waals surface area (Å²) < 4.78 is 1.57. The molecule has 11 nitrogen and oxygen atoms in total. The number of nitrogens with one attached hydrogen (secondary N) is 2. The minimum Gasteiger partial charge on any atom is -0.464 e. The van der Waals surface area contributed by atoms with Crippen LogP contribution in [0.4, 0.5) is 10.5 Å². The number of nitrogens with zero attached hydrogens (tertiary/aromatic N) is 5. The predicted molar refractivity (Wildman–Crippen MR) is 126 cm³/mol. The Hall–Kier alpha value is -3.95. The van der Waals surface area contributed by atoms with E-state index in [4.69, 9.17) is 16.7 Å². The lowest BCUT2D eigenvalue weighted by atomic mass is 9.96. The standard InChI is InChI=1S/C21H17BrClN7O4/c1-10-7-12(20(32)29(3)28-21(33)34)17(11(2)13(10)9-24)26-19(31)15-8-16(22)27-30(15)18-14(23)5-4-6-25-18/h4-8,28H,1-3H3,(H,26,31)(H,33,34). The summed E-state index contributed by atoms with van der Waals surface area (Å²) in [6.07, 6.45) is 0.0497. The summed E-state index contributed by atoms with van der Waals surface area (Å²) in [7, 11) is 1.22. The van der Waals surface area contributed by atoms with Crippen LogP contribution < -0.4 is 10.7 Å². The first-order valence-electron chi connectivity index (χ1n) is 9.54. The van der Waals surface area contributed by atoms with E-state index in [1.54, 1.807) is 26.0 Å². The van der Waals surface area contributed by atoms with Crippen LogP contribution in [-0.4, -0.2) is 49.8 Å². The van der Waals surface area contributed by atoms with Crippen LogP contribution in [0.5, 0.6) is 0 Å². The third-order valence-electron chi connectivity index (χ3n) is 4.78. The number of carbonyl (C=O) groups excluding carboxylic acids is 2. The molecule has 0 bridgehead atoms. The lowest BCUT2D eigenvalue weighted by Crippen LogP contribution is -2.43. The van der Waals surface area contributed by atoms with Crippen molar-refractivity contribution in [3.05, 3.63) is 68.0 Å². The number of carbonyl (C=O) groups is 3. The number of pyridine rings is 1. The number of carboxylic acid groups (broad SMARTS) is 1. The molecule has 34 heavy (non-hydrogen) atoms. The summed E-state index contributed by atoms with van der Waals surface area (Å²) in [5.74, 6) is -1.20. The van der Waals surface area contributed by atoms with Gasteiger partial charge < -0.3 is 10.4 Å². The van der Waals surface area contributed by atoms with Crippen LogP contribution in [0.3, 0.4) is 0 Å². The molecule has 0 aliphatic carbocycles. The fourth-order valence-electron chi connectivity index (χ4n) is 3.25. The molecule has 1 aromatic carbocycles. The first kappa shape index (κ1) is 24.7. The summed E-state index contributed by atoms with van der Waals surface area (Å²) in [4.78, 5) is 41.4. The molecule has 0 aliphatic rings. The fourth-order valence-corrected chi connectivity index (χ4v) is 3.82. The van der Waals surface area contributed by atoms with Crippen LogP contribution in [0.25, 0.3) is 5.82 Å². The molecule has 0 atom stereocenters. The highest BCUT2D eigenvalue weighted by Crippen LogP contribution is 2.29. The van der Waals surface area contributed by atoms with Gasteiger partial charge in [-0.05, 0) is 59.1 Å². The van der Waals surface area contributed by atoms with Crippen LogP contribution in [0.2, 0.25) is 5.02 Å². The summed E-state index contributed by atoms with van der Waals surface area (Å²) in [6, 6.07) is 8.12. The van der Waals surface area contributed by atoms with Crippen LogP contribution in [0.15, 0.2) is 35.1 Å². The summed E-state index contributed by atoms with van der Waals surface area (Å²) in [6.45, 7) is 3.21. The Labute approximate surface area is 207 Å². The molecule has 0 spiro atoms. The molecule has 3 N–H and O–H groups in total. The second-order valence-corrected chi connectivity index (χ2v) is 8.26. The smallest absolute Gasteiger partial charge is 0.423 e. The van der Waals surface area contributed by atoms with Gasteiger partial charge in [0.15, 0.2) is 5.82 Å². The van der Waals surface area contributed by atoms with E-state index in [-0.39, 0.29) is 33.3 Å². The zero-order chi connectivity index (χ0) is 25.2. The number of nitriles is 1. The van der Waals surface area contributed by atoms with E-state index in [1.807, 2.05) is 5.43 Å². The SMILES string of the molecule is Cc1cc(C(=O)N(C)NC(=O)O)c(NC(=O)c2cc(Br)nn2-c2ncccc2Cl)c(C)c1C#N. The van der Waals surface area contributed by atoms with Crippen molar-refractivity contribution < 1.29 is 19.5 Å². The molecule has 0 aliphatic heterocycles. The number of hydrogen-bond acceptors (Lipinski definition) is 6. The number of anilines is 1. The molecule has 0 radical (unpaired) electrons. The van der Waals surface area contributed by atoms with Crippen LogP contribution in [0, 0.1) is 25.2 Å². The minimum atomic E-state index is -1.44. The number of aryl methyl sites for hydroxylation is 1. The van der Waals surface area contributed by atoms with Gasteiger partial charge in [-0.1, -0.05) is 11.6 Å². The Balaban J connectivity index is 2.11. The zero-order valence-corrected chi connectivity index (χ0v) is 20.4. The van der Waals surface area contributed by atoms with Crippen LogP contribution in [-0.2, 0) is 0 Å². The van der Waals surface area contributed by atoms with E-state index in [0.29, 0.717) is 15.7 Å². The molecular weight excluding hydrogens is 530 g/mol. The fraction of sp³-hybridized carbons (Fsp3) is 0.143. The molecular formula is C21H17BrClN7O4. The van der Waals surface area contributed by atoms with Gasteiger partial charge in [0.1, 0.15) is 10.3 Å². The van der Waals surface area contributed by atoms with Crippen molar-refractivity contribution in [1.29, 1.82) is 5.26 Å². The quantitative estimate of drug-likeness (QED) is 0.422.